The van der Waals surface area contributed by atoms with Crippen molar-refractivity contribution in [3.05, 3.63) is 33.9 Å². The first-order chi connectivity index (χ1) is 7.95. The second-order valence-electron chi connectivity index (χ2n) is 3.24. The summed E-state index contributed by atoms with van der Waals surface area (Å²) < 4.78 is 23.9. The van der Waals surface area contributed by atoms with Crippen LogP contribution < -0.4 is 5.32 Å². The van der Waals surface area contributed by atoms with Crippen molar-refractivity contribution >= 4 is 17.3 Å². The first-order valence-electron chi connectivity index (χ1n) is 4.82. The van der Waals surface area contributed by atoms with E-state index in [-0.39, 0.29) is 11.4 Å². The maximum absolute atomic E-state index is 12.0. The number of anilines is 1. The molecule has 0 aliphatic carbocycles. The van der Waals surface area contributed by atoms with Gasteiger partial charge in [-0.05, 0) is 12.5 Å². The van der Waals surface area contributed by atoms with Crippen molar-refractivity contribution in [2.24, 2.45) is 0 Å². The molecule has 0 unspecified atom stereocenters. The lowest BCUT2D eigenvalue weighted by Gasteiger charge is -2.06. The van der Waals surface area contributed by atoms with Gasteiger partial charge in [-0.3, -0.25) is 14.9 Å². The van der Waals surface area contributed by atoms with E-state index in [2.05, 4.69) is 0 Å². The van der Waals surface area contributed by atoms with Crippen LogP contribution in [-0.2, 0) is 11.2 Å². The van der Waals surface area contributed by atoms with Crippen molar-refractivity contribution in [1.29, 1.82) is 0 Å². The topological polar surface area (TPSA) is 72.2 Å². The number of nitro groups is 1. The number of halogens is 2. The lowest BCUT2D eigenvalue weighted by molar-refractivity contribution is -0.385. The summed E-state index contributed by atoms with van der Waals surface area (Å²) in [6.07, 6.45) is -2.71. The lowest BCUT2D eigenvalue weighted by Crippen LogP contribution is -2.20. The molecule has 1 amide bonds. The van der Waals surface area contributed by atoms with Crippen LogP contribution in [0.5, 0.6) is 0 Å². The van der Waals surface area contributed by atoms with Gasteiger partial charge in [0.15, 0.2) is 0 Å². The first kappa shape index (κ1) is 13.0. The fourth-order valence-corrected chi connectivity index (χ4v) is 1.31. The van der Waals surface area contributed by atoms with E-state index in [4.69, 9.17) is 0 Å². The van der Waals surface area contributed by atoms with E-state index in [9.17, 15) is 23.7 Å². The van der Waals surface area contributed by atoms with Gasteiger partial charge in [0, 0.05) is 17.3 Å². The molecule has 92 valence electrons. The highest BCUT2D eigenvalue weighted by molar-refractivity contribution is 5.93. The Morgan fingerprint density at radius 3 is 2.65 bits per heavy atom. The monoisotopic (exact) mass is 244 g/mol. The average molecular weight is 244 g/mol. The van der Waals surface area contributed by atoms with Crippen molar-refractivity contribution in [3.63, 3.8) is 0 Å². The average Bonchev–Trinajstić information content (AvgIpc) is 2.28. The Labute approximate surface area is 95.6 Å². The number of alkyl halides is 2. The zero-order valence-corrected chi connectivity index (χ0v) is 8.94. The third kappa shape index (κ3) is 3.20. The first-order valence-corrected chi connectivity index (χ1v) is 4.82. The van der Waals surface area contributed by atoms with Crippen LogP contribution in [-0.4, -0.2) is 17.3 Å². The molecule has 0 fully saturated rings. The highest BCUT2D eigenvalue weighted by Gasteiger charge is 2.18. The van der Waals surface area contributed by atoms with E-state index in [1.54, 1.807) is 6.92 Å². The van der Waals surface area contributed by atoms with Gasteiger partial charge in [0.25, 0.3) is 11.6 Å². The number of carbonyl (C=O) groups excluding carboxylic acids is 1. The van der Waals surface area contributed by atoms with Gasteiger partial charge in [0.1, 0.15) is 0 Å². The van der Waals surface area contributed by atoms with Gasteiger partial charge in [0.2, 0.25) is 0 Å². The Balaban J connectivity index is 3.00. The molecule has 0 atom stereocenters. The zero-order valence-electron chi connectivity index (χ0n) is 8.94. The van der Waals surface area contributed by atoms with Crippen molar-refractivity contribution in [1.82, 2.24) is 0 Å². The highest BCUT2D eigenvalue weighted by atomic mass is 19.3. The van der Waals surface area contributed by atoms with Crippen LogP contribution in [0, 0.1) is 10.1 Å². The van der Waals surface area contributed by atoms with Crippen molar-refractivity contribution in [2.45, 2.75) is 19.8 Å². The number of carbonyl (C=O) groups is 1. The minimum atomic E-state index is -3.15. The number of hydrogen-bond acceptors (Lipinski definition) is 3. The van der Waals surface area contributed by atoms with E-state index in [0.29, 0.717) is 12.0 Å². The molecule has 0 spiro atoms. The smallest absolute Gasteiger partial charge is 0.315 e. The van der Waals surface area contributed by atoms with Crippen LogP contribution in [0.1, 0.15) is 12.5 Å². The molecule has 0 aliphatic rings. The number of amides is 1. The summed E-state index contributed by atoms with van der Waals surface area (Å²) in [5, 5.41) is 12.6. The molecule has 0 heterocycles. The molecule has 0 radical (unpaired) electrons. The number of rotatable bonds is 4. The molecule has 0 bridgehead atoms. The van der Waals surface area contributed by atoms with Gasteiger partial charge < -0.3 is 5.32 Å². The SMILES string of the molecule is CCc1ccc(NC(=O)C(F)F)cc1[N+](=O)[O-]. The molecule has 17 heavy (non-hydrogen) atoms. The Hall–Kier alpha value is -2.05. The van der Waals surface area contributed by atoms with Crippen molar-refractivity contribution in [3.8, 4) is 0 Å². The number of nitrogens with zero attached hydrogens (tertiary/aromatic N) is 1. The molecule has 7 heteroatoms. The van der Waals surface area contributed by atoms with Gasteiger partial charge in [-0.25, -0.2) is 0 Å². The Morgan fingerprint density at radius 2 is 2.18 bits per heavy atom. The maximum Gasteiger partial charge on any atom is 0.315 e. The Bertz CT molecular complexity index is 449. The van der Waals surface area contributed by atoms with Crippen LogP contribution in [0.25, 0.3) is 0 Å². The molecular formula is C10H10F2N2O3. The molecule has 0 aromatic heterocycles. The summed E-state index contributed by atoms with van der Waals surface area (Å²) in [4.78, 5) is 20.8. The van der Waals surface area contributed by atoms with E-state index in [1.165, 1.54) is 12.1 Å². The fraction of sp³-hybridized carbons (Fsp3) is 0.300. The van der Waals surface area contributed by atoms with E-state index >= 15 is 0 Å². The summed E-state index contributed by atoms with van der Waals surface area (Å²) in [6.45, 7) is 1.74. The number of aryl methyl sites for hydroxylation is 1. The van der Waals surface area contributed by atoms with Gasteiger partial charge >= 0.3 is 6.43 Å². The van der Waals surface area contributed by atoms with Crippen LogP contribution in [0.3, 0.4) is 0 Å². The van der Waals surface area contributed by atoms with Gasteiger partial charge in [0.05, 0.1) is 4.92 Å². The van der Waals surface area contributed by atoms with Crippen LogP contribution in [0.15, 0.2) is 18.2 Å². The minimum absolute atomic E-state index is 0.0146. The quantitative estimate of drug-likeness (QED) is 0.652. The summed E-state index contributed by atoms with van der Waals surface area (Å²) in [5.74, 6) is -1.48. The molecule has 1 aromatic rings. The van der Waals surface area contributed by atoms with Gasteiger partial charge in [-0.1, -0.05) is 13.0 Å². The maximum atomic E-state index is 12.0. The van der Waals surface area contributed by atoms with Crippen molar-refractivity contribution < 1.29 is 18.5 Å². The molecular weight excluding hydrogens is 234 g/mol. The largest absolute Gasteiger partial charge is 0.321 e. The molecule has 0 saturated carbocycles. The third-order valence-electron chi connectivity index (χ3n) is 2.13. The summed E-state index contributed by atoms with van der Waals surface area (Å²) in [7, 11) is 0. The molecule has 0 saturated heterocycles. The summed E-state index contributed by atoms with van der Waals surface area (Å²) >= 11 is 0. The number of hydrogen-bond donors (Lipinski definition) is 1. The second kappa shape index (κ2) is 5.33. The molecule has 1 aromatic carbocycles. The van der Waals surface area contributed by atoms with Crippen molar-refractivity contribution in [2.75, 3.05) is 5.32 Å². The van der Waals surface area contributed by atoms with Crippen LogP contribution >= 0.6 is 0 Å². The van der Waals surface area contributed by atoms with E-state index in [1.807, 2.05) is 5.32 Å². The molecule has 0 aliphatic heterocycles. The van der Waals surface area contributed by atoms with Gasteiger partial charge in [-0.15, -0.1) is 0 Å². The molecule has 1 N–H and O–H groups in total. The number of nitro benzene ring substituents is 1. The van der Waals surface area contributed by atoms with Crippen LogP contribution in [0.2, 0.25) is 0 Å². The molecule has 5 nitrogen and oxygen atoms in total. The normalized spacial score (nSPS) is 10.4. The minimum Gasteiger partial charge on any atom is -0.321 e. The van der Waals surface area contributed by atoms with Crippen LogP contribution in [0.4, 0.5) is 20.2 Å². The third-order valence-corrected chi connectivity index (χ3v) is 2.13. The highest BCUT2D eigenvalue weighted by Crippen LogP contribution is 2.23. The zero-order chi connectivity index (χ0) is 13.0. The van der Waals surface area contributed by atoms with Gasteiger partial charge in [-0.2, -0.15) is 8.78 Å². The Morgan fingerprint density at radius 1 is 1.53 bits per heavy atom. The predicted octanol–water partition coefficient (Wildman–Crippen LogP) is 2.36. The number of benzene rings is 1. The fourth-order valence-electron chi connectivity index (χ4n) is 1.31. The lowest BCUT2D eigenvalue weighted by atomic mass is 10.1. The molecule has 1 rings (SSSR count). The standard InChI is InChI=1S/C10H10F2N2O3/c1-2-6-3-4-7(5-8(6)14(16)17)13-10(15)9(11)12/h3-5,9H,2H2,1H3,(H,13,15). The second-order valence-corrected chi connectivity index (χ2v) is 3.24. The Kier molecular flexibility index (Phi) is 4.08. The summed E-state index contributed by atoms with van der Waals surface area (Å²) in [5.41, 5.74) is 0.267. The van der Waals surface area contributed by atoms with E-state index < -0.39 is 17.3 Å². The number of nitrogens with one attached hydrogen (secondary N) is 1. The predicted molar refractivity (Wildman–Crippen MR) is 57.1 cm³/mol. The van der Waals surface area contributed by atoms with E-state index in [0.717, 1.165) is 6.07 Å². The summed E-state index contributed by atoms with van der Waals surface area (Å²) in [6, 6.07) is 3.85.